The van der Waals surface area contributed by atoms with Gasteiger partial charge in [-0.15, -0.1) is 0 Å². The van der Waals surface area contributed by atoms with Crippen molar-refractivity contribution in [3.8, 4) is 11.5 Å². The van der Waals surface area contributed by atoms with Gasteiger partial charge >= 0.3 is 0 Å². The summed E-state index contributed by atoms with van der Waals surface area (Å²) in [6.45, 7) is 5.22. The number of benzene rings is 2. The highest BCUT2D eigenvalue weighted by molar-refractivity contribution is 6.01. The highest BCUT2D eigenvalue weighted by Gasteiger charge is 2.27. The predicted molar refractivity (Wildman–Crippen MR) is 104 cm³/mol. The van der Waals surface area contributed by atoms with Crippen LogP contribution in [0.5, 0.6) is 11.5 Å². The van der Waals surface area contributed by atoms with Crippen molar-refractivity contribution in [3.05, 3.63) is 52.7 Å². The molecule has 0 aliphatic carbocycles. The van der Waals surface area contributed by atoms with Gasteiger partial charge in [0, 0.05) is 30.2 Å². The van der Waals surface area contributed by atoms with Crippen LogP contribution in [0.15, 0.2) is 30.3 Å². The molecule has 0 saturated heterocycles. The number of nitrogens with one attached hydrogen (secondary N) is 1. The molecule has 1 aliphatic heterocycles. The number of aromatic nitrogens is 2. The van der Waals surface area contributed by atoms with Crippen LogP contribution in [0.3, 0.4) is 0 Å². The highest BCUT2D eigenvalue weighted by atomic mass is 16.5. The largest absolute Gasteiger partial charge is 0.507 e. The SMILES string of the molecule is CC(C)c1[nH]nc2cc(O)c(C(=O)N3Cc4ccc(OCCO)cc4C3)cc12. The fourth-order valence-electron chi connectivity index (χ4n) is 3.62. The standard InChI is InChI=1S/C21H23N3O4/c1-12(2)20-16-8-17(19(26)9-18(16)22-23-20)21(27)24-10-13-3-4-15(28-6-5-25)7-14(13)11-24/h3-4,7-9,12,25-26H,5-6,10-11H2,1-2H3,(H,22,23). The number of fused-ring (bicyclic) bond motifs is 2. The van der Waals surface area contributed by atoms with E-state index in [1.807, 2.05) is 18.2 Å². The summed E-state index contributed by atoms with van der Waals surface area (Å²) in [7, 11) is 0. The molecule has 3 N–H and O–H groups in total. The number of amides is 1. The van der Waals surface area contributed by atoms with Crippen LogP contribution in [0.2, 0.25) is 0 Å². The monoisotopic (exact) mass is 381 g/mol. The summed E-state index contributed by atoms with van der Waals surface area (Å²) in [6, 6.07) is 8.94. The van der Waals surface area contributed by atoms with Gasteiger partial charge in [0.1, 0.15) is 18.1 Å². The van der Waals surface area contributed by atoms with Crippen molar-refractivity contribution in [1.29, 1.82) is 0 Å². The Hall–Kier alpha value is -3.06. The van der Waals surface area contributed by atoms with Gasteiger partial charge in [0.2, 0.25) is 0 Å². The summed E-state index contributed by atoms with van der Waals surface area (Å²) in [5.41, 5.74) is 3.93. The van der Waals surface area contributed by atoms with Gasteiger partial charge in [0.05, 0.1) is 17.7 Å². The summed E-state index contributed by atoms with van der Waals surface area (Å²) in [5.74, 6) is 0.615. The van der Waals surface area contributed by atoms with E-state index in [1.165, 1.54) is 6.07 Å². The molecule has 2 aromatic carbocycles. The molecule has 0 fully saturated rings. The fraction of sp³-hybridized carbons (Fsp3) is 0.333. The minimum Gasteiger partial charge on any atom is -0.507 e. The normalized spacial score (nSPS) is 13.4. The van der Waals surface area contributed by atoms with Gasteiger partial charge in [-0.05, 0) is 35.2 Å². The van der Waals surface area contributed by atoms with Crippen molar-refractivity contribution < 1.29 is 19.7 Å². The van der Waals surface area contributed by atoms with Gasteiger partial charge in [-0.1, -0.05) is 19.9 Å². The second-order valence-electron chi connectivity index (χ2n) is 7.34. The van der Waals surface area contributed by atoms with Crippen molar-refractivity contribution in [2.45, 2.75) is 32.9 Å². The molecule has 1 aromatic heterocycles. The number of ether oxygens (including phenoxy) is 1. The second kappa shape index (κ2) is 7.16. The number of aliphatic hydroxyl groups excluding tert-OH is 1. The van der Waals surface area contributed by atoms with E-state index in [0.717, 1.165) is 22.2 Å². The summed E-state index contributed by atoms with van der Waals surface area (Å²) >= 11 is 0. The highest BCUT2D eigenvalue weighted by Crippen LogP contribution is 2.33. The third kappa shape index (κ3) is 3.18. The van der Waals surface area contributed by atoms with E-state index in [1.54, 1.807) is 11.0 Å². The lowest BCUT2D eigenvalue weighted by molar-refractivity contribution is 0.0748. The molecule has 0 spiro atoms. The molecule has 0 unspecified atom stereocenters. The minimum atomic E-state index is -0.218. The Kier molecular flexibility index (Phi) is 4.68. The first-order chi connectivity index (χ1) is 13.5. The van der Waals surface area contributed by atoms with Crippen LogP contribution in [0.4, 0.5) is 0 Å². The molecule has 3 aromatic rings. The number of H-pyrrole nitrogens is 1. The third-order valence-corrected chi connectivity index (χ3v) is 5.06. The van der Waals surface area contributed by atoms with Gasteiger partial charge in [0.25, 0.3) is 5.91 Å². The lowest BCUT2D eigenvalue weighted by atomic mass is 10.0. The molecule has 1 amide bonds. The zero-order chi connectivity index (χ0) is 19.8. The van der Waals surface area contributed by atoms with Crippen LogP contribution < -0.4 is 4.74 Å². The number of nitrogens with zero attached hydrogens (tertiary/aromatic N) is 2. The molecular weight excluding hydrogens is 358 g/mol. The number of aliphatic hydroxyl groups is 1. The average molecular weight is 381 g/mol. The topological polar surface area (TPSA) is 98.7 Å². The molecule has 7 heteroatoms. The molecule has 1 aliphatic rings. The van der Waals surface area contributed by atoms with Crippen molar-refractivity contribution in [2.24, 2.45) is 0 Å². The van der Waals surface area contributed by atoms with E-state index in [-0.39, 0.29) is 36.4 Å². The average Bonchev–Trinajstić information content (AvgIpc) is 3.28. The van der Waals surface area contributed by atoms with Crippen molar-refractivity contribution >= 4 is 16.8 Å². The molecule has 146 valence electrons. The Morgan fingerprint density at radius 2 is 2.04 bits per heavy atom. The number of aromatic hydroxyl groups is 1. The number of hydrogen-bond acceptors (Lipinski definition) is 5. The first-order valence-corrected chi connectivity index (χ1v) is 9.33. The fourth-order valence-corrected chi connectivity index (χ4v) is 3.62. The molecule has 28 heavy (non-hydrogen) atoms. The lowest BCUT2D eigenvalue weighted by Gasteiger charge is -2.16. The molecule has 0 radical (unpaired) electrons. The first-order valence-electron chi connectivity index (χ1n) is 9.33. The van der Waals surface area contributed by atoms with Crippen LogP contribution in [0, 0.1) is 0 Å². The smallest absolute Gasteiger partial charge is 0.258 e. The van der Waals surface area contributed by atoms with E-state index in [4.69, 9.17) is 9.84 Å². The van der Waals surface area contributed by atoms with E-state index in [0.29, 0.717) is 24.4 Å². The zero-order valence-corrected chi connectivity index (χ0v) is 15.9. The van der Waals surface area contributed by atoms with Crippen molar-refractivity contribution in [1.82, 2.24) is 15.1 Å². The van der Waals surface area contributed by atoms with Gasteiger partial charge in [-0.25, -0.2) is 0 Å². The van der Waals surface area contributed by atoms with Gasteiger partial charge in [0.15, 0.2) is 0 Å². The predicted octanol–water partition coefficient (Wildman–Crippen LogP) is 2.92. The third-order valence-electron chi connectivity index (χ3n) is 5.06. The van der Waals surface area contributed by atoms with E-state index in [2.05, 4.69) is 24.0 Å². The molecule has 0 bridgehead atoms. The molecule has 4 rings (SSSR count). The summed E-state index contributed by atoms with van der Waals surface area (Å²) in [6.07, 6.45) is 0. The van der Waals surface area contributed by atoms with Crippen molar-refractivity contribution in [2.75, 3.05) is 13.2 Å². The maximum atomic E-state index is 13.1. The Morgan fingerprint density at radius 3 is 2.79 bits per heavy atom. The zero-order valence-electron chi connectivity index (χ0n) is 15.9. The Bertz CT molecular complexity index is 1040. The lowest BCUT2D eigenvalue weighted by Crippen LogP contribution is -2.25. The van der Waals surface area contributed by atoms with E-state index in [9.17, 15) is 9.90 Å². The van der Waals surface area contributed by atoms with Gasteiger partial charge < -0.3 is 19.8 Å². The van der Waals surface area contributed by atoms with Crippen molar-refractivity contribution in [3.63, 3.8) is 0 Å². The van der Waals surface area contributed by atoms with Gasteiger partial charge in [-0.3, -0.25) is 9.89 Å². The van der Waals surface area contributed by atoms with Gasteiger partial charge in [-0.2, -0.15) is 5.10 Å². The van der Waals surface area contributed by atoms with Crippen LogP contribution in [0.25, 0.3) is 10.9 Å². The number of rotatable bonds is 5. The number of phenols is 1. The summed E-state index contributed by atoms with van der Waals surface area (Å²) in [4.78, 5) is 14.8. The quantitative estimate of drug-likeness (QED) is 0.631. The summed E-state index contributed by atoms with van der Waals surface area (Å²) < 4.78 is 5.45. The number of carbonyl (C=O) groups is 1. The van der Waals surface area contributed by atoms with Crippen LogP contribution in [-0.4, -0.2) is 44.4 Å². The van der Waals surface area contributed by atoms with Crippen LogP contribution >= 0.6 is 0 Å². The number of aromatic amines is 1. The maximum absolute atomic E-state index is 13.1. The Morgan fingerprint density at radius 1 is 1.25 bits per heavy atom. The van der Waals surface area contributed by atoms with Crippen LogP contribution in [-0.2, 0) is 13.1 Å². The summed E-state index contributed by atoms with van der Waals surface area (Å²) in [5, 5.41) is 27.4. The Balaban J connectivity index is 1.61. The molecular formula is C21H23N3O4. The van der Waals surface area contributed by atoms with E-state index < -0.39 is 0 Å². The molecule has 0 atom stereocenters. The Labute approximate surface area is 162 Å². The number of hydrogen-bond donors (Lipinski definition) is 3. The number of carbonyl (C=O) groups excluding carboxylic acids is 1. The second-order valence-corrected chi connectivity index (χ2v) is 7.34. The molecule has 0 saturated carbocycles. The maximum Gasteiger partial charge on any atom is 0.258 e. The molecule has 2 heterocycles. The van der Waals surface area contributed by atoms with E-state index >= 15 is 0 Å². The van der Waals surface area contributed by atoms with Crippen LogP contribution in [0.1, 0.15) is 46.9 Å². The number of phenolic OH excluding ortho intramolecular Hbond substituents is 1. The minimum absolute atomic E-state index is 0.0458. The molecule has 7 nitrogen and oxygen atoms in total. The first kappa shape index (κ1) is 18.3.